The molecule has 0 amide bonds. The third-order valence-electron chi connectivity index (χ3n) is 3.13. The van der Waals surface area contributed by atoms with Crippen LogP contribution in [-0.2, 0) is 6.42 Å². The van der Waals surface area contributed by atoms with Crippen molar-refractivity contribution in [1.82, 2.24) is 0 Å². The number of thioether (sulfide) groups is 1. The van der Waals surface area contributed by atoms with Crippen LogP contribution in [0.5, 0.6) is 5.75 Å². The van der Waals surface area contributed by atoms with Gasteiger partial charge < -0.3 is 9.15 Å². The lowest BCUT2D eigenvalue weighted by atomic mass is 10.2. The van der Waals surface area contributed by atoms with E-state index >= 15 is 0 Å². The smallest absolute Gasteiger partial charge is 0.267 e. The summed E-state index contributed by atoms with van der Waals surface area (Å²) in [6.07, 6.45) is 0.568. The molecule has 0 saturated heterocycles. The highest BCUT2D eigenvalue weighted by molar-refractivity contribution is 8.00. The molecule has 1 heterocycles. The van der Waals surface area contributed by atoms with Crippen molar-refractivity contribution in [2.24, 2.45) is 0 Å². The molecule has 1 aromatic heterocycles. The molecule has 1 aromatic carbocycles. The summed E-state index contributed by atoms with van der Waals surface area (Å²) in [4.78, 5) is 0.930. The van der Waals surface area contributed by atoms with Gasteiger partial charge in [0.2, 0.25) is 0 Å². The van der Waals surface area contributed by atoms with E-state index in [0.717, 1.165) is 28.2 Å². The predicted octanol–water partition coefficient (Wildman–Crippen LogP) is 5.47. The number of ether oxygens (including phenoxy) is 1. The Morgan fingerprint density at radius 1 is 1.23 bits per heavy atom. The van der Waals surface area contributed by atoms with E-state index in [4.69, 9.17) is 9.15 Å². The molecule has 118 valence electrons. The number of methoxy groups -OCH3 is 1. The molecule has 1 atom stereocenters. The Hall–Kier alpha value is -1.75. The van der Waals surface area contributed by atoms with Crippen molar-refractivity contribution in [1.29, 1.82) is 0 Å². The fraction of sp³-hybridized carbons (Fsp3) is 0.294. The zero-order valence-electron chi connectivity index (χ0n) is 12.5. The third kappa shape index (κ3) is 5.22. The highest BCUT2D eigenvalue weighted by atomic mass is 32.2. The number of hydrogen-bond acceptors (Lipinski definition) is 3. The van der Waals surface area contributed by atoms with Crippen molar-refractivity contribution in [3.8, 4) is 5.75 Å². The Morgan fingerprint density at radius 3 is 2.50 bits per heavy atom. The fourth-order valence-electron chi connectivity index (χ4n) is 2.05. The second-order valence-corrected chi connectivity index (χ2v) is 6.15. The number of halogens is 2. The first-order chi connectivity index (χ1) is 10.6. The molecule has 0 spiro atoms. The van der Waals surface area contributed by atoms with Crippen LogP contribution in [0.1, 0.15) is 17.9 Å². The minimum absolute atomic E-state index is 0.302. The summed E-state index contributed by atoms with van der Waals surface area (Å²) >= 11 is 1.41. The summed E-state index contributed by atoms with van der Waals surface area (Å²) in [7, 11) is 1.59. The van der Waals surface area contributed by atoms with Crippen LogP contribution >= 0.6 is 11.8 Å². The average Bonchev–Trinajstić information content (AvgIpc) is 2.91. The molecular weight excluding hydrogens is 306 g/mol. The van der Waals surface area contributed by atoms with Gasteiger partial charge >= 0.3 is 0 Å². The normalized spacial score (nSPS) is 12.0. The molecule has 5 heteroatoms. The van der Waals surface area contributed by atoms with Crippen molar-refractivity contribution in [2.45, 2.75) is 29.9 Å². The Morgan fingerprint density at radius 2 is 1.95 bits per heavy atom. The SMILES string of the molecule is COc1ccc(SC(C=C(F)F)CCc2ccc(C)o2)cc1. The van der Waals surface area contributed by atoms with E-state index in [0.29, 0.717) is 12.8 Å². The van der Waals surface area contributed by atoms with E-state index in [9.17, 15) is 8.78 Å². The van der Waals surface area contributed by atoms with Crippen LogP contribution in [0.15, 0.2) is 57.9 Å². The van der Waals surface area contributed by atoms with Crippen LogP contribution in [-0.4, -0.2) is 12.4 Å². The summed E-state index contributed by atoms with van der Waals surface area (Å²) < 4.78 is 35.9. The Labute approximate surface area is 133 Å². The first kappa shape index (κ1) is 16.6. The maximum Gasteiger partial charge on any atom is 0.267 e. The van der Waals surface area contributed by atoms with Gasteiger partial charge in [0.15, 0.2) is 0 Å². The van der Waals surface area contributed by atoms with Crippen LogP contribution in [0.4, 0.5) is 8.78 Å². The van der Waals surface area contributed by atoms with Gasteiger partial charge in [-0.15, -0.1) is 11.8 Å². The van der Waals surface area contributed by atoms with Gasteiger partial charge in [-0.05, 0) is 55.8 Å². The first-order valence-corrected chi connectivity index (χ1v) is 7.83. The lowest BCUT2D eigenvalue weighted by Gasteiger charge is -2.12. The maximum absolute atomic E-state index is 12.6. The maximum atomic E-state index is 12.6. The van der Waals surface area contributed by atoms with Crippen molar-refractivity contribution in [2.75, 3.05) is 7.11 Å². The summed E-state index contributed by atoms with van der Waals surface area (Å²) in [5.74, 6) is 2.41. The van der Waals surface area contributed by atoms with Crippen molar-refractivity contribution >= 4 is 11.8 Å². The summed E-state index contributed by atoms with van der Waals surface area (Å²) in [5, 5.41) is -0.302. The second-order valence-electron chi connectivity index (χ2n) is 4.84. The molecule has 2 nitrogen and oxygen atoms in total. The Kier molecular flexibility index (Phi) is 6.07. The zero-order valence-corrected chi connectivity index (χ0v) is 13.3. The number of aryl methyl sites for hydroxylation is 2. The van der Waals surface area contributed by atoms with E-state index in [1.165, 1.54) is 11.8 Å². The van der Waals surface area contributed by atoms with Crippen molar-refractivity contribution < 1.29 is 17.9 Å². The first-order valence-electron chi connectivity index (χ1n) is 6.95. The molecular formula is C17H18F2O2S. The van der Waals surface area contributed by atoms with Crippen LogP contribution in [0.25, 0.3) is 0 Å². The molecule has 0 N–H and O–H groups in total. The van der Waals surface area contributed by atoms with Gasteiger partial charge in [-0.1, -0.05) is 0 Å². The monoisotopic (exact) mass is 324 g/mol. The van der Waals surface area contributed by atoms with Crippen LogP contribution in [0.2, 0.25) is 0 Å². The van der Waals surface area contributed by atoms with Crippen molar-refractivity contribution in [3.05, 3.63) is 60.1 Å². The summed E-state index contributed by atoms with van der Waals surface area (Å²) in [5.41, 5.74) is 0. The lowest BCUT2D eigenvalue weighted by Crippen LogP contribution is -2.01. The zero-order chi connectivity index (χ0) is 15.9. The molecule has 0 radical (unpaired) electrons. The number of rotatable bonds is 7. The summed E-state index contributed by atoms with van der Waals surface area (Å²) in [6, 6.07) is 11.2. The standard InChI is InChI=1S/C17H18F2O2S/c1-12-3-4-14(21-12)7-10-16(11-17(18)19)22-15-8-5-13(20-2)6-9-15/h3-6,8-9,11,16H,7,10H2,1-2H3. The quantitative estimate of drug-likeness (QED) is 0.631. The molecule has 2 rings (SSSR count). The Bertz CT molecular complexity index is 616. The predicted molar refractivity (Wildman–Crippen MR) is 84.7 cm³/mol. The molecule has 0 bridgehead atoms. The van der Waals surface area contributed by atoms with E-state index in [1.807, 2.05) is 43.3 Å². The summed E-state index contributed by atoms with van der Waals surface area (Å²) in [6.45, 7) is 1.87. The largest absolute Gasteiger partial charge is 0.497 e. The minimum Gasteiger partial charge on any atom is -0.497 e. The van der Waals surface area contributed by atoms with Gasteiger partial charge in [0.25, 0.3) is 6.08 Å². The van der Waals surface area contributed by atoms with E-state index in [1.54, 1.807) is 7.11 Å². The van der Waals surface area contributed by atoms with Crippen LogP contribution in [0, 0.1) is 6.92 Å². The molecule has 0 aliphatic carbocycles. The van der Waals surface area contributed by atoms with E-state index in [2.05, 4.69) is 0 Å². The van der Waals surface area contributed by atoms with E-state index in [-0.39, 0.29) is 5.25 Å². The number of hydrogen-bond donors (Lipinski definition) is 0. The van der Waals surface area contributed by atoms with Gasteiger partial charge in [0, 0.05) is 16.6 Å². The molecule has 2 aromatic rings. The van der Waals surface area contributed by atoms with E-state index < -0.39 is 6.08 Å². The topological polar surface area (TPSA) is 22.4 Å². The third-order valence-corrected chi connectivity index (χ3v) is 4.35. The number of benzene rings is 1. The van der Waals surface area contributed by atoms with Crippen LogP contribution < -0.4 is 4.74 Å². The molecule has 0 saturated carbocycles. The Balaban J connectivity index is 2.00. The lowest BCUT2D eigenvalue weighted by molar-refractivity contribution is 0.414. The molecule has 0 fully saturated rings. The van der Waals surface area contributed by atoms with Gasteiger partial charge in [-0.2, -0.15) is 8.78 Å². The minimum atomic E-state index is -1.65. The van der Waals surface area contributed by atoms with Crippen LogP contribution in [0.3, 0.4) is 0 Å². The molecule has 0 aliphatic heterocycles. The molecule has 1 unspecified atom stereocenters. The molecule has 0 aliphatic rings. The van der Waals surface area contributed by atoms with Gasteiger partial charge in [0.05, 0.1) is 7.11 Å². The fourth-order valence-corrected chi connectivity index (χ4v) is 3.10. The average molecular weight is 324 g/mol. The second kappa shape index (κ2) is 8.03. The van der Waals surface area contributed by atoms with Gasteiger partial charge in [0.1, 0.15) is 17.3 Å². The highest BCUT2D eigenvalue weighted by Gasteiger charge is 2.12. The number of furan rings is 1. The molecule has 22 heavy (non-hydrogen) atoms. The highest BCUT2D eigenvalue weighted by Crippen LogP contribution is 2.30. The van der Waals surface area contributed by atoms with Gasteiger partial charge in [-0.25, -0.2) is 0 Å². The van der Waals surface area contributed by atoms with Gasteiger partial charge in [-0.3, -0.25) is 0 Å². The van der Waals surface area contributed by atoms with Crippen molar-refractivity contribution in [3.63, 3.8) is 0 Å².